The van der Waals surface area contributed by atoms with Gasteiger partial charge in [-0.25, -0.2) is 0 Å². The molecular formula is C9H20ClNO. The molecule has 2 atom stereocenters. The lowest BCUT2D eigenvalue weighted by Crippen LogP contribution is -2.32. The Morgan fingerprint density at radius 2 is 2.17 bits per heavy atom. The highest BCUT2D eigenvalue weighted by Crippen LogP contribution is 2.19. The molecule has 1 saturated carbocycles. The highest BCUT2D eigenvalue weighted by molar-refractivity contribution is 5.85. The smallest absolute Gasteiger partial charge is 0.0589 e. The molecule has 0 spiro atoms. The van der Waals surface area contributed by atoms with Crippen LogP contribution < -0.4 is 5.73 Å². The zero-order valence-electron chi connectivity index (χ0n) is 7.79. The monoisotopic (exact) mass is 193 g/mol. The van der Waals surface area contributed by atoms with E-state index >= 15 is 0 Å². The Morgan fingerprint density at radius 3 is 2.75 bits per heavy atom. The van der Waals surface area contributed by atoms with Crippen molar-refractivity contribution < 1.29 is 4.74 Å². The maximum Gasteiger partial charge on any atom is 0.0589 e. The highest BCUT2D eigenvalue weighted by Gasteiger charge is 2.18. The second-order valence-corrected chi connectivity index (χ2v) is 3.42. The van der Waals surface area contributed by atoms with Gasteiger partial charge in [-0.3, -0.25) is 0 Å². The van der Waals surface area contributed by atoms with E-state index in [-0.39, 0.29) is 12.4 Å². The molecule has 1 aliphatic carbocycles. The van der Waals surface area contributed by atoms with Gasteiger partial charge in [0, 0.05) is 12.6 Å². The summed E-state index contributed by atoms with van der Waals surface area (Å²) in [5, 5.41) is 0. The zero-order valence-corrected chi connectivity index (χ0v) is 8.61. The van der Waals surface area contributed by atoms with Crippen LogP contribution in [0.25, 0.3) is 0 Å². The minimum Gasteiger partial charge on any atom is -0.378 e. The highest BCUT2D eigenvalue weighted by atomic mass is 35.5. The molecule has 0 aromatic carbocycles. The van der Waals surface area contributed by atoms with Crippen LogP contribution in [-0.2, 0) is 4.74 Å². The summed E-state index contributed by atoms with van der Waals surface area (Å²) in [4.78, 5) is 0. The molecule has 0 saturated heterocycles. The molecule has 0 amide bonds. The third-order valence-corrected chi connectivity index (χ3v) is 2.22. The number of hydrogen-bond donors (Lipinski definition) is 1. The van der Waals surface area contributed by atoms with Crippen molar-refractivity contribution in [3.05, 3.63) is 0 Å². The van der Waals surface area contributed by atoms with Crippen LogP contribution in [0.5, 0.6) is 0 Å². The summed E-state index contributed by atoms with van der Waals surface area (Å²) in [6, 6.07) is 0.394. The van der Waals surface area contributed by atoms with Crippen molar-refractivity contribution >= 4 is 12.4 Å². The predicted octanol–water partition coefficient (Wildman–Crippen LogP) is 2.10. The molecule has 0 radical (unpaired) electrons. The van der Waals surface area contributed by atoms with E-state index in [1.807, 2.05) is 0 Å². The van der Waals surface area contributed by atoms with Gasteiger partial charge in [-0.15, -0.1) is 12.4 Å². The lowest BCUT2D eigenvalue weighted by molar-refractivity contribution is 0.0240. The second kappa shape index (κ2) is 6.70. The van der Waals surface area contributed by atoms with Gasteiger partial charge in [-0.1, -0.05) is 6.92 Å². The van der Waals surface area contributed by atoms with Crippen molar-refractivity contribution in [1.29, 1.82) is 0 Å². The SMILES string of the molecule is CCCO[C@H]1CCC[C@@H](N)C1.Cl. The van der Waals surface area contributed by atoms with Crippen molar-refractivity contribution in [3.8, 4) is 0 Å². The predicted molar refractivity (Wildman–Crippen MR) is 53.7 cm³/mol. The maximum atomic E-state index is 5.82. The maximum absolute atomic E-state index is 5.82. The van der Waals surface area contributed by atoms with Crippen LogP contribution in [0.15, 0.2) is 0 Å². The number of ether oxygens (including phenoxy) is 1. The van der Waals surface area contributed by atoms with Crippen molar-refractivity contribution in [3.63, 3.8) is 0 Å². The van der Waals surface area contributed by atoms with Crippen molar-refractivity contribution in [2.24, 2.45) is 5.73 Å². The first-order valence-corrected chi connectivity index (χ1v) is 4.70. The standard InChI is InChI=1S/C9H19NO.ClH/c1-2-6-11-9-5-3-4-8(10)7-9;/h8-9H,2-7,10H2,1H3;1H/t8-,9+;/m1./s1. The van der Waals surface area contributed by atoms with Crippen LogP contribution in [0.3, 0.4) is 0 Å². The Labute approximate surface area is 81.3 Å². The average molecular weight is 194 g/mol. The van der Waals surface area contributed by atoms with E-state index in [0.29, 0.717) is 12.1 Å². The van der Waals surface area contributed by atoms with Crippen molar-refractivity contribution in [2.75, 3.05) is 6.61 Å². The molecule has 2 nitrogen and oxygen atoms in total. The fourth-order valence-corrected chi connectivity index (χ4v) is 1.62. The number of nitrogens with two attached hydrogens (primary N) is 1. The first kappa shape index (κ1) is 12.2. The third-order valence-electron chi connectivity index (χ3n) is 2.22. The van der Waals surface area contributed by atoms with Gasteiger partial charge in [0.25, 0.3) is 0 Å². The first-order chi connectivity index (χ1) is 5.33. The summed E-state index contributed by atoms with van der Waals surface area (Å²) < 4.78 is 5.62. The van der Waals surface area contributed by atoms with Crippen LogP contribution >= 0.6 is 12.4 Å². The molecule has 1 fully saturated rings. The quantitative estimate of drug-likeness (QED) is 0.745. The summed E-state index contributed by atoms with van der Waals surface area (Å²) in [7, 11) is 0. The minimum atomic E-state index is 0. The average Bonchev–Trinajstić information content (AvgIpc) is 2.01. The van der Waals surface area contributed by atoms with E-state index in [1.54, 1.807) is 0 Å². The Balaban J connectivity index is 0.00000121. The van der Waals surface area contributed by atoms with Gasteiger partial charge in [-0.05, 0) is 32.1 Å². The van der Waals surface area contributed by atoms with E-state index in [0.717, 1.165) is 19.4 Å². The van der Waals surface area contributed by atoms with Gasteiger partial charge in [-0.2, -0.15) is 0 Å². The summed E-state index contributed by atoms with van der Waals surface area (Å²) in [5.41, 5.74) is 5.82. The molecule has 0 aromatic heterocycles. The van der Waals surface area contributed by atoms with Gasteiger partial charge in [0.15, 0.2) is 0 Å². The van der Waals surface area contributed by atoms with Crippen LogP contribution in [0.4, 0.5) is 0 Å². The van der Waals surface area contributed by atoms with E-state index in [2.05, 4.69) is 6.92 Å². The lowest BCUT2D eigenvalue weighted by atomic mass is 9.94. The molecule has 3 heteroatoms. The van der Waals surface area contributed by atoms with Crippen LogP contribution in [0.2, 0.25) is 0 Å². The number of rotatable bonds is 3. The fraction of sp³-hybridized carbons (Fsp3) is 1.00. The van der Waals surface area contributed by atoms with E-state index in [4.69, 9.17) is 10.5 Å². The fourth-order valence-electron chi connectivity index (χ4n) is 1.62. The molecule has 12 heavy (non-hydrogen) atoms. The number of hydrogen-bond acceptors (Lipinski definition) is 2. The zero-order chi connectivity index (χ0) is 8.10. The summed E-state index contributed by atoms with van der Waals surface area (Å²) in [6.07, 6.45) is 6.29. The van der Waals surface area contributed by atoms with Gasteiger partial charge in [0.2, 0.25) is 0 Å². The third kappa shape index (κ3) is 4.29. The van der Waals surface area contributed by atoms with Gasteiger partial charge in [0.1, 0.15) is 0 Å². The lowest BCUT2D eigenvalue weighted by Gasteiger charge is -2.26. The molecule has 0 heterocycles. The Hall–Kier alpha value is 0.210. The van der Waals surface area contributed by atoms with Crippen molar-refractivity contribution in [2.45, 2.75) is 51.2 Å². The molecule has 2 N–H and O–H groups in total. The van der Waals surface area contributed by atoms with Gasteiger partial charge < -0.3 is 10.5 Å². The van der Waals surface area contributed by atoms with Gasteiger partial charge in [0.05, 0.1) is 6.10 Å². The number of halogens is 1. The Bertz CT molecular complexity index is 111. The second-order valence-electron chi connectivity index (χ2n) is 3.42. The molecule has 0 aromatic rings. The summed E-state index contributed by atoms with van der Waals surface area (Å²) in [5.74, 6) is 0. The molecule has 1 aliphatic rings. The van der Waals surface area contributed by atoms with Gasteiger partial charge >= 0.3 is 0 Å². The molecule has 0 bridgehead atoms. The summed E-state index contributed by atoms with van der Waals surface area (Å²) >= 11 is 0. The normalized spacial score (nSPS) is 29.5. The molecule has 0 aliphatic heterocycles. The molecule has 0 unspecified atom stereocenters. The topological polar surface area (TPSA) is 35.2 Å². The molecule has 74 valence electrons. The van der Waals surface area contributed by atoms with E-state index in [9.17, 15) is 0 Å². The van der Waals surface area contributed by atoms with E-state index < -0.39 is 0 Å². The molecular weight excluding hydrogens is 174 g/mol. The largest absolute Gasteiger partial charge is 0.378 e. The minimum absolute atomic E-state index is 0. The van der Waals surface area contributed by atoms with Crippen LogP contribution in [0, 0.1) is 0 Å². The molecule has 1 rings (SSSR count). The Morgan fingerprint density at radius 1 is 1.42 bits per heavy atom. The Kier molecular flexibility index (Phi) is 6.81. The summed E-state index contributed by atoms with van der Waals surface area (Å²) in [6.45, 7) is 3.04. The van der Waals surface area contributed by atoms with E-state index in [1.165, 1.54) is 19.3 Å². The first-order valence-electron chi connectivity index (χ1n) is 4.70. The van der Waals surface area contributed by atoms with Crippen LogP contribution in [0.1, 0.15) is 39.0 Å². The van der Waals surface area contributed by atoms with Crippen LogP contribution in [-0.4, -0.2) is 18.8 Å². The van der Waals surface area contributed by atoms with Crippen molar-refractivity contribution in [1.82, 2.24) is 0 Å².